The quantitative estimate of drug-likeness (QED) is 0.499. The Balaban J connectivity index is 2.24. The molecule has 8 heteroatoms. The lowest BCUT2D eigenvalue weighted by molar-refractivity contribution is 0.00587. The smallest absolute Gasteiger partial charge is 0.258 e. The molecule has 0 bridgehead atoms. The lowest BCUT2D eigenvalue weighted by Crippen LogP contribution is -2.53. The predicted octanol–water partition coefficient (Wildman–Crippen LogP) is 2.11. The van der Waals surface area contributed by atoms with Gasteiger partial charge in [-0.3, -0.25) is 4.79 Å². The third-order valence-electron chi connectivity index (χ3n) is 3.44. The number of halogens is 4. The zero-order chi connectivity index (χ0) is 15.5. The van der Waals surface area contributed by atoms with Crippen molar-refractivity contribution in [2.24, 2.45) is 0 Å². The number of hydrogen-bond acceptors (Lipinski definition) is 3. The van der Waals surface area contributed by atoms with E-state index in [-0.39, 0.29) is 24.4 Å². The van der Waals surface area contributed by atoms with E-state index >= 15 is 0 Å². The molecule has 21 heavy (non-hydrogen) atoms. The van der Waals surface area contributed by atoms with Crippen LogP contribution in [0.2, 0.25) is 0 Å². The molecule has 2 heterocycles. The van der Waals surface area contributed by atoms with Crippen LogP contribution >= 0.6 is 0 Å². The fourth-order valence-electron chi connectivity index (χ4n) is 2.35. The van der Waals surface area contributed by atoms with Gasteiger partial charge in [-0.05, 0) is 6.92 Å². The molecular weight excluding hydrogens is 294 g/mol. The fourth-order valence-corrected chi connectivity index (χ4v) is 2.35. The largest absolute Gasteiger partial charge is 0.457 e. The van der Waals surface area contributed by atoms with E-state index in [1.54, 1.807) is 0 Å². The summed E-state index contributed by atoms with van der Waals surface area (Å²) in [5.41, 5.74) is -1.21. The first-order valence-corrected chi connectivity index (χ1v) is 6.05. The normalized spacial score (nSPS) is 15.6. The number of aryl methyl sites for hydroxylation is 1. The minimum Gasteiger partial charge on any atom is -0.457 e. The molecule has 0 unspecified atom stereocenters. The summed E-state index contributed by atoms with van der Waals surface area (Å²) in [6.07, 6.45) is -0.691. The number of hydrogen-bond donors (Lipinski definition) is 1. The number of carbonyl (C=O) groups is 1. The van der Waals surface area contributed by atoms with Crippen LogP contribution in [0.4, 0.5) is 17.6 Å². The monoisotopic (exact) mass is 303 g/mol. The maximum Gasteiger partial charge on any atom is 0.258 e. The van der Waals surface area contributed by atoms with Crippen LogP contribution < -0.4 is 0 Å². The summed E-state index contributed by atoms with van der Waals surface area (Å²) in [6.45, 7) is 1.32. The second-order valence-corrected chi connectivity index (χ2v) is 4.86. The average molecular weight is 303 g/mol. The van der Waals surface area contributed by atoms with Crippen molar-refractivity contribution in [2.75, 3.05) is 13.1 Å². The summed E-state index contributed by atoms with van der Waals surface area (Å²) in [4.78, 5) is 13.3. The Labute approximate surface area is 115 Å². The second-order valence-electron chi connectivity index (χ2n) is 4.86. The van der Waals surface area contributed by atoms with Gasteiger partial charge in [-0.15, -0.1) is 0 Å². The zero-order valence-electron chi connectivity index (χ0n) is 10.7. The average Bonchev–Trinajstić information content (AvgIpc) is 2.76. The number of aliphatic hydroxyl groups is 1. The van der Waals surface area contributed by atoms with Gasteiger partial charge in [-0.2, -0.15) is 4.39 Å². The van der Waals surface area contributed by atoms with Crippen LogP contribution in [0.5, 0.6) is 0 Å². The number of nitrogens with zero attached hydrogens (tertiary/aromatic N) is 1. The Morgan fingerprint density at radius 3 is 2.29 bits per heavy atom. The number of benzene rings is 1. The molecule has 1 aliphatic rings. The van der Waals surface area contributed by atoms with E-state index in [9.17, 15) is 22.4 Å². The lowest BCUT2D eigenvalue weighted by atomic mass is 10.1. The van der Waals surface area contributed by atoms with Crippen LogP contribution in [-0.2, 0) is 0 Å². The third kappa shape index (κ3) is 1.82. The van der Waals surface area contributed by atoms with Gasteiger partial charge in [0.1, 0.15) is 5.76 Å². The van der Waals surface area contributed by atoms with Gasteiger partial charge in [0.2, 0.25) is 11.6 Å². The van der Waals surface area contributed by atoms with Crippen molar-refractivity contribution >= 4 is 16.9 Å². The molecule has 0 radical (unpaired) electrons. The van der Waals surface area contributed by atoms with Crippen molar-refractivity contribution in [2.45, 2.75) is 13.0 Å². The number of amides is 1. The summed E-state index contributed by atoms with van der Waals surface area (Å²) in [6, 6.07) is 0. The summed E-state index contributed by atoms with van der Waals surface area (Å²) in [5.74, 6) is -8.24. The molecule has 1 aromatic carbocycles. The molecule has 1 saturated heterocycles. The topological polar surface area (TPSA) is 53.7 Å². The van der Waals surface area contributed by atoms with Crippen molar-refractivity contribution in [3.8, 4) is 0 Å². The molecule has 4 nitrogen and oxygen atoms in total. The van der Waals surface area contributed by atoms with E-state index in [2.05, 4.69) is 0 Å². The summed E-state index contributed by atoms with van der Waals surface area (Å²) in [7, 11) is 0. The van der Waals surface area contributed by atoms with E-state index in [1.165, 1.54) is 11.8 Å². The molecule has 1 fully saturated rings. The lowest BCUT2D eigenvalue weighted by Gasteiger charge is -2.35. The first-order chi connectivity index (χ1) is 9.82. The van der Waals surface area contributed by atoms with Gasteiger partial charge in [0.25, 0.3) is 5.91 Å². The summed E-state index contributed by atoms with van der Waals surface area (Å²) >= 11 is 0. The van der Waals surface area contributed by atoms with Crippen molar-refractivity contribution < 1.29 is 31.9 Å². The van der Waals surface area contributed by atoms with Gasteiger partial charge in [0.05, 0.1) is 17.1 Å². The van der Waals surface area contributed by atoms with E-state index in [4.69, 9.17) is 9.52 Å². The highest BCUT2D eigenvalue weighted by Gasteiger charge is 2.35. The van der Waals surface area contributed by atoms with Gasteiger partial charge in [0, 0.05) is 13.1 Å². The van der Waals surface area contributed by atoms with Crippen LogP contribution in [0.15, 0.2) is 4.42 Å². The molecule has 0 atom stereocenters. The number of rotatable bonds is 1. The van der Waals surface area contributed by atoms with Crippen molar-refractivity contribution in [3.63, 3.8) is 0 Å². The Morgan fingerprint density at radius 2 is 1.71 bits per heavy atom. The molecule has 1 aliphatic heterocycles. The minimum absolute atomic E-state index is 0.0265. The number of aliphatic hydroxyl groups excluding tert-OH is 1. The predicted molar refractivity (Wildman–Crippen MR) is 62.7 cm³/mol. The van der Waals surface area contributed by atoms with Crippen molar-refractivity contribution in [3.05, 3.63) is 34.6 Å². The molecule has 3 rings (SSSR count). The standard InChI is InChI=1S/C13H9F4NO3/c1-4-6(13(20)18-2-5(19)3-18)7-8(14)9(15)10(16)11(17)12(7)21-4/h5,19H,2-3H2,1H3. The van der Waals surface area contributed by atoms with Crippen LogP contribution in [-0.4, -0.2) is 35.1 Å². The number of furan rings is 1. The van der Waals surface area contributed by atoms with Crippen LogP contribution in [0.1, 0.15) is 16.1 Å². The maximum atomic E-state index is 13.9. The number of β-amino-alcohol motifs (C(OH)–C–C–N with tert-alkyl or cyclic N) is 1. The van der Waals surface area contributed by atoms with Crippen molar-refractivity contribution in [1.29, 1.82) is 0 Å². The molecule has 1 amide bonds. The van der Waals surface area contributed by atoms with Gasteiger partial charge < -0.3 is 14.4 Å². The second kappa shape index (κ2) is 4.45. The SMILES string of the molecule is Cc1oc2c(F)c(F)c(F)c(F)c2c1C(=O)N1CC(O)C1. The third-order valence-corrected chi connectivity index (χ3v) is 3.44. The molecule has 112 valence electrons. The highest BCUT2D eigenvalue weighted by Crippen LogP contribution is 2.34. The number of carbonyl (C=O) groups excluding carboxylic acids is 1. The van der Waals surface area contributed by atoms with E-state index in [1.807, 2.05) is 0 Å². The molecular formula is C13H9F4NO3. The molecule has 0 aliphatic carbocycles. The van der Waals surface area contributed by atoms with Crippen LogP contribution in [0, 0.1) is 30.2 Å². The van der Waals surface area contributed by atoms with Gasteiger partial charge in [0.15, 0.2) is 17.2 Å². The minimum atomic E-state index is -2.00. The van der Waals surface area contributed by atoms with Crippen LogP contribution in [0.3, 0.4) is 0 Å². The van der Waals surface area contributed by atoms with E-state index in [0.717, 1.165) is 0 Å². The first kappa shape index (κ1) is 13.9. The highest BCUT2D eigenvalue weighted by molar-refractivity contribution is 6.07. The van der Waals surface area contributed by atoms with Gasteiger partial charge in [-0.25, -0.2) is 13.2 Å². The van der Waals surface area contributed by atoms with E-state index in [0.29, 0.717) is 0 Å². The Kier molecular flexibility index (Phi) is 2.94. The summed E-state index contributed by atoms with van der Waals surface area (Å²) < 4.78 is 58.9. The molecule has 1 N–H and O–H groups in total. The number of fused-ring (bicyclic) bond motifs is 1. The molecule has 1 aromatic heterocycles. The maximum absolute atomic E-state index is 13.9. The summed E-state index contributed by atoms with van der Waals surface area (Å²) in [5, 5.41) is 8.44. The Morgan fingerprint density at radius 1 is 1.14 bits per heavy atom. The molecule has 2 aromatic rings. The number of likely N-dealkylation sites (tertiary alicyclic amines) is 1. The van der Waals surface area contributed by atoms with Gasteiger partial charge in [-0.1, -0.05) is 0 Å². The fraction of sp³-hybridized carbons (Fsp3) is 0.308. The van der Waals surface area contributed by atoms with Crippen molar-refractivity contribution in [1.82, 2.24) is 4.90 Å². The highest BCUT2D eigenvalue weighted by atomic mass is 19.2. The van der Waals surface area contributed by atoms with Gasteiger partial charge >= 0.3 is 0 Å². The zero-order valence-corrected chi connectivity index (χ0v) is 10.7. The van der Waals surface area contributed by atoms with Crippen LogP contribution in [0.25, 0.3) is 11.0 Å². The molecule has 0 spiro atoms. The molecule has 0 saturated carbocycles. The Hall–Kier alpha value is -2.09. The van der Waals surface area contributed by atoms with E-state index < -0.39 is 46.2 Å². The first-order valence-electron chi connectivity index (χ1n) is 6.05. The Bertz CT molecular complexity index is 765.